The van der Waals surface area contributed by atoms with Crippen LogP contribution in [0.25, 0.3) is 0 Å². The zero-order chi connectivity index (χ0) is 9.52. The number of ketones is 1. The molecule has 1 unspecified atom stereocenters. The second-order valence-electron chi connectivity index (χ2n) is 4.28. The van der Waals surface area contributed by atoms with E-state index < -0.39 is 23.4 Å². The highest BCUT2D eigenvalue weighted by Gasteiger charge is 2.45. The molecule has 0 heterocycles. The summed E-state index contributed by atoms with van der Waals surface area (Å²) in [7, 11) is 0. The number of Topliss-reactive ketones (excluding diaryl/α,β-unsaturated/α-hetero) is 1. The SMILES string of the molecule is C[C@H]1CC(O)C(=O)[C@H](O)C1(C)C. The van der Waals surface area contributed by atoms with Crippen molar-refractivity contribution in [2.45, 2.75) is 39.4 Å². The normalized spacial score (nSPS) is 41.4. The third kappa shape index (κ3) is 1.27. The average molecular weight is 172 g/mol. The first-order valence-electron chi connectivity index (χ1n) is 4.27. The molecule has 3 heteroatoms. The summed E-state index contributed by atoms with van der Waals surface area (Å²) in [6, 6.07) is 0. The van der Waals surface area contributed by atoms with Crippen molar-refractivity contribution in [3.63, 3.8) is 0 Å². The molecule has 70 valence electrons. The number of rotatable bonds is 0. The van der Waals surface area contributed by atoms with Crippen LogP contribution >= 0.6 is 0 Å². The maximum absolute atomic E-state index is 11.2. The molecule has 1 saturated carbocycles. The van der Waals surface area contributed by atoms with Gasteiger partial charge in [-0.2, -0.15) is 0 Å². The lowest BCUT2D eigenvalue weighted by atomic mass is 9.66. The van der Waals surface area contributed by atoms with E-state index in [1.807, 2.05) is 20.8 Å². The first-order valence-corrected chi connectivity index (χ1v) is 4.27. The van der Waals surface area contributed by atoms with Gasteiger partial charge in [-0.1, -0.05) is 20.8 Å². The molecule has 12 heavy (non-hydrogen) atoms. The number of hydrogen-bond acceptors (Lipinski definition) is 3. The Morgan fingerprint density at radius 2 is 1.92 bits per heavy atom. The zero-order valence-electron chi connectivity index (χ0n) is 7.74. The molecule has 3 atom stereocenters. The smallest absolute Gasteiger partial charge is 0.190 e. The summed E-state index contributed by atoms with van der Waals surface area (Å²) in [5, 5.41) is 18.8. The fourth-order valence-electron chi connectivity index (χ4n) is 1.57. The fourth-order valence-corrected chi connectivity index (χ4v) is 1.57. The van der Waals surface area contributed by atoms with E-state index in [0.29, 0.717) is 6.42 Å². The largest absolute Gasteiger partial charge is 0.385 e. The monoisotopic (exact) mass is 172 g/mol. The van der Waals surface area contributed by atoms with E-state index in [-0.39, 0.29) is 5.92 Å². The molecule has 0 aromatic rings. The molecule has 0 bridgehead atoms. The third-order valence-electron chi connectivity index (χ3n) is 3.15. The predicted octanol–water partition coefficient (Wildman–Crippen LogP) is 0.343. The molecule has 1 aliphatic carbocycles. The van der Waals surface area contributed by atoms with Gasteiger partial charge in [0.25, 0.3) is 0 Å². The minimum atomic E-state index is -1.02. The van der Waals surface area contributed by atoms with E-state index in [4.69, 9.17) is 0 Å². The second kappa shape index (κ2) is 2.82. The van der Waals surface area contributed by atoms with Crippen LogP contribution in [0.5, 0.6) is 0 Å². The lowest BCUT2D eigenvalue weighted by Gasteiger charge is -2.41. The maximum atomic E-state index is 11.2. The molecule has 0 saturated heterocycles. The van der Waals surface area contributed by atoms with Crippen LogP contribution in [-0.2, 0) is 4.79 Å². The van der Waals surface area contributed by atoms with Crippen molar-refractivity contribution in [3.05, 3.63) is 0 Å². The van der Waals surface area contributed by atoms with E-state index >= 15 is 0 Å². The summed E-state index contributed by atoms with van der Waals surface area (Å²) in [6.07, 6.45) is -1.53. The summed E-state index contributed by atoms with van der Waals surface area (Å²) in [5.74, 6) is -0.265. The molecule has 0 aliphatic heterocycles. The van der Waals surface area contributed by atoms with Crippen molar-refractivity contribution in [2.75, 3.05) is 0 Å². The Labute approximate surface area is 72.4 Å². The van der Waals surface area contributed by atoms with Crippen molar-refractivity contribution in [1.29, 1.82) is 0 Å². The standard InChI is InChI=1S/C9H16O3/c1-5-4-6(10)7(11)8(12)9(5,2)3/h5-6,8,10,12H,4H2,1-3H3/t5-,6?,8-/m0/s1. The molecular formula is C9H16O3. The van der Waals surface area contributed by atoms with Crippen LogP contribution in [0.1, 0.15) is 27.2 Å². The van der Waals surface area contributed by atoms with Gasteiger partial charge in [0, 0.05) is 5.41 Å². The van der Waals surface area contributed by atoms with Crippen LogP contribution in [0.4, 0.5) is 0 Å². The third-order valence-corrected chi connectivity index (χ3v) is 3.15. The minimum absolute atomic E-state index is 0.167. The fraction of sp³-hybridized carbons (Fsp3) is 0.889. The van der Waals surface area contributed by atoms with Crippen molar-refractivity contribution >= 4 is 5.78 Å². The molecule has 2 N–H and O–H groups in total. The highest BCUT2D eigenvalue weighted by molar-refractivity contribution is 5.88. The molecule has 0 aromatic carbocycles. The van der Waals surface area contributed by atoms with Gasteiger partial charge in [0.1, 0.15) is 12.2 Å². The highest BCUT2D eigenvalue weighted by Crippen LogP contribution is 2.38. The molecule has 1 fully saturated rings. The average Bonchev–Trinajstić information content (AvgIpc) is 1.99. The molecule has 1 aliphatic rings. The van der Waals surface area contributed by atoms with Gasteiger partial charge in [-0.15, -0.1) is 0 Å². The second-order valence-corrected chi connectivity index (χ2v) is 4.28. The highest BCUT2D eigenvalue weighted by atomic mass is 16.3. The van der Waals surface area contributed by atoms with Gasteiger partial charge in [0.05, 0.1) is 0 Å². The summed E-state index contributed by atoms with van der Waals surface area (Å²) < 4.78 is 0. The summed E-state index contributed by atoms with van der Waals surface area (Å²) >= 11 is 0. The van der Waals surface area contributed by atoms with E-state index in [1.54, 1.807) is 0 Å². The Morgan fingerprint density at radius 3 is 2.42 bits per heavy atom. The Morgan fingerprint density at radius 1 is 1.42 bits per heavy atom. The molecule has 0 spiro atoms. The minimum Gasteiger partial charge on any atom is -0.385 e. The number of carbonyl (C=O) groups excluding carboxylic acids is 1. The molecule has 1 rings (SSSR count). The Kier molecular flexibility index (Phi) is 2.27. The van der Waals surface area contributed by atoms with Crippen LogP contribution in [0.15, 0.2) is 0 Å². The Balaban J connectivity index is 2.88. The summed E-state index contributed by atoms with van der Waals surface area (Å²) in [6.45, 7) is 5.65. The Hall–Kier alpha value is -0.410. The molecular weight excluding hydrogens is 156 g/mol. The quantitative estimate of drug-likeness (QED) is 0.554. The topological polar surface area (TPSA) is 57.5 Å². The van der Waals surface area contributed by atoms with E-state index in [2.05, 4.69) is 0 Å². The van der Waals surface area contributed by atoms with Crippen LogP contribution < -0.4 is 0 Å². The number of hydrogen-bond donors (Lipinski definition) is 2. The van der Waals surface area contributed by atoms with Crippen LogP contribution in [0.2, 0.25) is 0 Å². The van der Waals surface area contributed by atoms with Crippen LogP contribution in [0.3, 0.4) is 0 Å². The van der Waals surface area contributed by atoms with E-state index in [0.717, 1.165) is 0 Å². The lowest BCUT2D eigenvalue weighted by molar-refractivity contribution is -0.153. The van der Waals surface area contributed by atoms with E-state index in [9.17, 15) is 15.0 Å². The van der Waals surface area contributed by atoms with Gasteiger partial charge in [0.15, 0.2) is 5.78 Å². The van der Waals surface area contributed by atoms with Crippen molar-refractivity contribution in [3.8, 4) is 0 Å². The van der Waals surface area contributed by atoms with Crippen molar-refractivity contribution in [1.82, 2.24) is 0 Å². The van der Waals surface area contributed by atoms with Gasteiger partial charge < -0.3 is 10.2 Å². The first-order chi connectivity index (χ1) is 5.37. The molecule has 0 aromatic heterocycles. The van der Waals surface area contributed by atoms with Gasteiger partial charge in [-0.05, 0) is 12.3 Å². The summed E-state index contributed by atoms with van der Waals surface area (Å²) in [4.78, 5) is 11.2. The number of aliphatic hydroxyl groups is 2. The van der Waals surface area contributed by atoms with Gasteiger partial charge in [0.2, 0.25) is 0 Å². The van der Waals surface area contributed by atoms with Gasteiger partial charge >= 0.3 is 0 Å². The zero-order valence-corrected chi connectivity index (χ0v) is 7.74. The summed E-state index contributed by atoms with van der Waals surface area (Å²) in [5.41, 5.74) is -0.406. The number of aliphatic hydroxyl groups excluding tert-OH is 2. The first kappa shape index (κ1) is 9.68. The van der Waals surface area contributed by atoms with Crippen molar-refractivity contribution < 1.29 is 15.0 Å². The lowest BCUT2D eigenvalue weighted by Crippen LogP contribution is -2.51. The predicted molar refractivity (Wildman–Crippen MR) is 44.6 cm³/mol. The van der Waals surface area contributed by atoms with Crippen LogP contribution in [0, 0.1) is 11.3 Å². The van der Waals surface area contributed by atoms with Crippen LogP contribution in [-0.4, -0.2) is 28.2 Å². The van der Waals surface area contributed by atoms with Gasteiger partial charge in [-0.25, -0.2) is 0 Å². The molecule has 3 nitrogen and oxygen atoms in total. The number of carbonyl (C=O) groups is 1. The van der Waals surface area contributed by atoms with Crippen molar-refractivity contribution in [2.24, 2.45) is 11.3 Å². The van der Waals surface area contributed by atoms with E-state index in [1.165, 1.54) is 0 Å². The maximum Gasteiger partial charge on any atom is 0.190 e. The molecule has 0 radical (unpaired) electrons. The Bertz CT molecular complexity index is 198. The van der Waals surface area contributed by atoms with Gasteiger partial charge in [-0.3, -0.25) is 4.79 Å². The molecule has 0 amide bonds.